The average Bonchev–Trinajstić information content (AvgIpc) is 2.68. The topological polar surface area (TPSA) is 43.1 Å². The zero-order chi connectivity index (χ0) is 12.5. The summed E-state index contributed by atoms with van der Waals surface area (Å²) >= 11 is 0. The quantitative estimate of drug-likeness (QED) is 0.816. The molecule has 0 aliphatic heterocycles. The second-order valence-electron chi connectivity index (χ2n) is 4.87. The van der Waals surface area contributed by atoms with Gasteiger partial charge < -0.3 is 5.73 Å². The van der Waals surface area contributed by atoms with Gasteiger partial charge in [-0.2, -0.15) is 0 Å². The van der Waals surface area contributed by atoms with Gasteiger partial charge >= 0.3 is 0 Å². The van der Waals surface area contributed by atoms with Gasteiger partial charge in [-0.1, -0.05) is 36.4 Å². The average molecular weight is 237 g/mol. The Hall–Kier alpha value is -2.09. The van der Waals surface area contributed by atoms with E-state index in [1.807, 2.05) is 36.4 Å². The van der Waals surface area contributed by atoms with Crippen LogP contribution in [0.4, 0.5) is 5.69 Å². The van der Waals surface area contributed by atoms with Crippen LogP contribution in [0, 0.1) is 5.92 Å². The number of carbonyl (C=O) groups is 1. The predicted molar refractivity (Wildman–Crippen MR) is 72.5 cm³/mol. The third kappa shape index (κ3) is 1.90. The molecule has 18 heavy (non-hydrogen) atoms. The van der Waals surface area contributed by atoms with Crippen molar-refractivity contribution in [2.24, 2.45) is 5.92 Å². The van der Waals surface area contributed by atoms with Crippen LogP contribution in [0.25, 0.3) is 0 Å². The number of nitrogen functional groups attached to an aromatic ring is 1. The van der Waals surface area contributed by atoms with Gasteiger partial charge in [0.2, 0.25) is 0 Å². The molecule has 0 amide bonds. The van der Waals surface area contributed by atoms with Gasteiger partial charge in [-0.15, -0.1) is 0 Å². The first-order valence-electron chi connectivity index (χ1n) is 6.20. The first-order chi connectivity index (χ1) is 8.74. The Bertz CT molecular complexity index is 589. The fraction of sp³-hybridized carbons (Fsp3) is 0.188. The Balaban J connectivity index is 1.85. The summed E-state index contributed by atoms with van der Waals surface area (Å²) in [6.45, 7) is 0. The lowest BCUT2D eigenvalue weighted by atomic mass is 9.96. The van der Waals surface area contributed by atoms with Gasteiger partial charge in [0.15, 0.2) is 5.78 Å². The molecule has 2 aromatic carbocycles. The van der Waals surface area contributed by atoms with Gasteiger partial charge in [0.1, 0.15) is 0 Å². The van der Waals surface area contributed by atoms with Crippen LogP contribution in [0.1, 0.15) is 21.5 Å². The largest absolute Gasteiger partial charge is 0.399 e. The van der Waals surface area contributed by atoms with E-state index in [0.717, 1.165) is 24.0 Å². The Morgan fingerprint density at radius 2 is 1.89 bits per heavy atom. The molecule has 0 spiro atoms. The van der Waals surface area contributed by atoms with Crippen LogP contribution in [0.15, 0.2) is 48.5 Å². The predicted octanol–water partition coefficient (Wildman–Crippen LogP) is 2.87. The van der Waals surface area contributed by atoms with Gasteiger partial charge in [-0.05, 0) is 36.1 Å². The Labute approximate surface area is 106 Å². The fourth-order valence-corrected chi connectivity index (χ4v) is 2.64. The molecule has 0 fully saturated rings. The van der Waals surface area contributed by atoms with E-state index in [1.54, 1.807) is 0 Å². The summed E-state index contributed by atoms with van der Waals surface area (Å²) in [7, 11) is 0. The van der Waals surface area contributed by atoms with Crippen molar-refractivity contribution in [3.05, 3.63) is 65.2 Å². The molecule has 0 radical (unpaired) electrons. The lowest BCUT2D eigenvalue weighted by Crippen LogP contribution is -2.12. The van der Waals surface area contributed by atoms with Gasteiger partial charge in [0.25, 0.3) is 0 Å². The highest BCUT2D eigenvalue weighted by Gasteiger charge is 2.30. The normalized spacial score (nSPS) is 17.8. The van der Waals surface area contributed by atoms with E-state index in [-0.39, 0.29) is 11.7 Å². The van der Waals surface area contributed by atoms with Crippen LogP contribution in [-0.4, -0.2) is 5.78 Å². The first kappa shape index (κ1) is 11.0. The number of benzene rings is 2. The maximum absolute atomic E-state index is 12.3. The summed E-state index contributed by atoms with van der Waals surface area (Å²) in [6, 6.07) is 15.8. The minimum Gasteiger partial charge on any atom is -0.399 e. The minimum atomic E-state index is 0.0733. The molecule has 2 nitrogen and oxygen atoms in total. The summed E-state index contributed by atoms with van der Waals surface area (Å²) < 4.78 is 0. The van der Waals surface area contributed by atoms with E-state index in [4.69, 9.17) is 5.73 Å². The molecule has 0 saturated carbocycles. The number of fused-ring (bicyclic) bond motifs is 1. The van der Waals surface area contributed by atoms with Gasteiger partial charge in [-0.25, -0.2) is 0 Å². The number of hydrogen-bond acceptors (Lipinski definition) is 2. The first-order valence-corrected chi connectivity index (χ1v) is 6.20. The van der Waals surface area contributed by atoms with Crippen LogP contribution in [0.5, 0.6) is 0 Å². The summed E-state index contributed by atoms with van der Waals surface area (Å²) in [4.78, 5) is 12.3. The second kappa shape index (κ2) is 4.30. The molecule has 1 aliphatic rings. The third-order valence-corrected chi connectivity index (χ3v) is 3.56. The zero-order valence-corrected chi connectivity index (χ0v) is 10.1. The standard InChI is InChI=1S/C16H15NO/c17-14-7-6-12-9-13(16(18)15(12)10-14)8-11-4-2-1-3-5-11/h1-7,10,13H,8-9,17H2. The number of nitrogens with two attached hydrogens (primary N) is 1. The van der Waals surface area contributed by atoms with E-state index >= 15 is 0 Å². The molecule has 2 heteroatoms. The lowest BCUT2D eigenvalue weighted by molar-refractivity contribution is 0.0936. The zero-order valence-electron chi connectivity index (χ0n) is 10.1. The summed E-state index contributed by atoms with van der Waals surface area (Å²) in [5, 5.41) is 0. The van der Waals surface area contributed by atoms with Crippen molar-refractivity contribution in [1.82, 2.24) is 0 Å². The molecule has 3 rings (SSSR count). The van der Waals surface area contributed by atoms with Crippen molar-refractivity contribution in [1.29, 1.82) is 0 Å². The maximum atomic E-state index is 12.3. The fourth-order valence-electron chi connectivity index (χ4n) is 2.64. The monoisotopic (exact) mass is 237 g/mol. The lowest BCUT2D eigenvalue weighted by Gasteiger charge is -2.07. The molecule has 0 aromatic heterocycles. The number of hydrogen-bond donors (Lipinski definition) is 1. The Morgan fingerprint density at radius 1 is 1.11 bits per heavy atom. The van der Waals surface area contributed by atoms with Crippen molar-refractivity contribution in [3.8, 4) is 0 Å². The third-order valence-electron chi connectivity index (χ3n) is 3.56. The minimum absolute atomic E-state index is 0.0733. The molecule has 1 atom stereocenters. The van der Waals surface area contributed by atoms with Crippen molar-refractivity contribution in [2.75, 3.05) is 5.73 Å². The van der Waals surface area contributed by atoms with Crippen LogP contribution < -0.4 is 5.73 Å². The van der Waals surface area contributed by atoms with Gasteiger partial charge in [-0.3, -0.25) is 4.79 Å². The maximum Gasteiger partial charge on any atom is 0.166 e. The molecule has 2 aromatic rings. The van der Waals surface area contributed by atoms with E-state index in [9.17, 15) is 4.79 Å². The summed E-state index contributed by atoms with van der Waals surface area (Å²) in [5.41, 5.74) is 9.58. The Kier molecular flexibility index (Phi) is 2.63. The summed E-state index contributed by atoms with van der Waals surface area (Å²) in [5.74, 6) is 0.311. The highest BCUT2D eigenvalue weighted by molar-refractivity contribution is 6.03. The van der Waals surface area contributed by atoms with Crippen molar-refractivity contribution in [2.45, 2.75) is 12.8 Å². The van der Waals surface area contributed by atoms with Gasteiger partial charge in [0.05, 0.1) is 0 Å². The number of Topliss-reactive ketones (excluding diaryl/α,β-unsaturated/α-hetero) is 1. The van der Waals surface area contributed by atoms with Crippen LogP contribution in [0.3, 0.4) is 0 Å². The number of carbonyl (C=O) groups excluding carboxylic acids is 1. The van der Waals surface area contributed by atoms with Crippen molar-refractivity contribution >= 4 is 11.5 Å². The second-order valence-corrected chi connectivity index (χ2v) is 4.87. The number of anilines is 1. The van der Waals surface area contributed by atoms with Crippen LogP contribution in [0.2, 0.25) is 0 Å². The molecule has 0 heterocycles. The molecule has 0 bridgehead atoms. The number of ketones is 1. The summed E-state index contributed by atoms with van der Waals surface area (Å²) in [6.07, 6.45) is 1.65. The van der Waals surface area contributed by atoms with Crippen molar-refractivity contribution < 1.29 is 4.79 Å². The molecular weight excluding hydrogens is 222 g/mol. The van der Waals surface area contributed by atoms with Crippen LogP contribution in [-0.2, 0) is 12.8 Å². The van der Waals surface area contributed by atoms with Crippen LogP contribution >= 0.6 is 0 Å². The Morgan fingerprint density at radius 3 is 2.67 bits per heavy atom. The smallest absolute Gasteiger partial charge is 0.166 e. The number of rotatable bonds is 2. The highest BCUT2D eigenvalue weighted by atomic mass is 16.1. The van der Waals surface area contributed by atoms with E-state index in [1.165, 1.54) is 5.56 Å². The van der Waals surface area contributed by atoms with E-state index in [0.29, 0.717) is 5.69 Å². The highest BCUT2D eigenvalue weighted by Crippen LogP contribution is 2.30. The molecule has 90 valence electrons. The molecular formula is C16H15NO. The molecule has 1 aliphatic carbocycles. The molecule has 1 unspecified atom stereocenters. The van der Waals surface area contributed by atoms with Crippen molar-refractivity contribution in [3.63, 3.8) is 0 Å². The molecule has 2 N–H and O–H groups in total. The van der Waals surface area contributed by atoms with E-state index in [2.05, 4.69) is 12.1 Å². The van der Waals surface area contributed by atoms with E-state index < -0.39 is 0 Å². The SMILES string of the molecule is Nc1ccc2c(c1)C(=O)C(Cc1ccccc1)C2. The molecule has 0 saturated heterocycles. The van der Waals surface area contributed by atoms with Gasteiger partial charge in [0, 0.05) is 17.2 Å².